The first-order valence-electron chi connectivity index (χ1n) is 11.5. The topological polar surface area (TPSA) is 121 Å². The Morgan fingerprint density at radius 2 is 1.10 bits per heavy atom. The number of carboxylic acids is 1. The van der Waals surface area contributed by atoms with Crippen molar-refractivity contribution in [3.05, 3.63) is 11.0 Å². The zero-order chi connectivity index (χ0) is 22.7. The van der Waals surface area contributed by atoms with E-state index in [1.54, 1.807) is 0 Å². The molecule has 176 valence electrons. The van der Waals surface area contributed by atoms with Crippen molar-refractivity contribution in [1.29, 1.82) is 0 Å². The number of carbonyl (C=O) groups is 2. The van der Waals surface area contributed by atoms with Crippen molar-refractivity contribution in [1.82, 2.24) is 5.32 Å². The molecule has 0 heterocycles. The van der Waals surface area contributed by atoms with E-state index in [-0.39, 0.29) is 0 Å². The van der Waals surface area contributed by atoms with Crippen LogP contribution in [0.5, 0.6) is 0 Å². The van der Waals surface area contributed by atoms with E-state index in [1.165, 1.54) is 77.0 Å². The van der Waals surface area contributed by atoms with Crippen LogP contribution in [-0.2, 0) is 19.7 Å². The molecular formula is C22H41NO6S. The molecule has 0 aliphatic carbocycles. The number of unbranched alkanes of at least 4 members (excludes halogenated alkanes) is 15. The first kappa shape index (κ1) is 28.6. The zero-order valence-corrected chi connectivity index (χ0v) is 19.4. The van der Waals surface area contributed by atoms with E-state index in [2.05, 4.69) is 12.2 Å². The number of aliphatic carboxylic acids is 1. The molecule has 0 spiro atoms. The summed E-state index contributed by atoms with van der Waals surface area (Å²) in [7, 11) is -4.92. The monoisotopic (exact) mass is 447 g/mol. The van der Waals surface area contributed by atoms with Crippen LogP contribution in [-0.4, -0.2) is 36.5 Å². The van der Waals surface area contributed by atoms with Gasteiger partial charge in [-0.2, -0.15) is 8.42 Å². The number of carboxylic acid groups (broad SMARTS) is 1. The molecule has 0 aromatic heterocycles. The van der Waals surface area contributed by atoms with E-state index >= 15 is 0 Å². The minimum Gasteiger partial charge on any atom is -0.477 e. The molecule has 0 aliphatic rings. The van der Waals surface area contributed by atoms with Gasteiger partial charge in [-0.05, 0) is 6.42 Å². The zero-order valence-electron chi connectivity index (χ0n) is 18.5. The summed E-state index contributed by atoms with van der Waals surface area (Å²) >= 11 is 0. The first-order chi connectivity index (χ1) is 14.3. The molecule has 30 heavy (non-hydrogen) atoms. The van der Waals surface area contributed by atoms with E-state index < -0.39 is 26.9 Å². The van der Waals surface area contributed by atoms with E-state index in [0.717, 1.165) is 25.7 Å². The van der Waals surface area contributed by atoms with Crippen LogP contribution >= 0.6 is 0 Å². The summed E-state index contributed by atoms with van der Waals surface area (Å²) in [6, 6.07) is 0. The molecule has 0 atom stereocenters. The predicted octanol–water partition coefficient (Wildman–Crippen LogP) is 5.22. The lowest BCUT2D eigenvalue weighted by molar-refractivity contribution is -0.132. The fraction of sp³-hybridized carbons (Fsp3) is 0.818. The highest BCUT2D eigenvalue weighted by Gasteiger charge is 2.23. The van der Waals surface area contributed by atoms with Crippen LogP contribution in [0.3, 0.4) is 0 Å². The molecule has 0 aliphatic heterocycles. The highest BCUT2D eigenvalue weighted by atomic mass is 32.2. The van der Waals surface area contributed by atoms with Crippen molar-refractivity contribution < 1.29 is 27.7 Å². The van der Waals surface area contributed by atoms with Crippen LogP contribution in [0.2, 0.25) is 0 Å². The van der Waals surface area contributed by atoms with E-state index in [4.69, 9.17) is 9.66 Å². The van der Waals surface area contributed by atoms with Gasteiger partial charge in [0.1, 0.15) is 0 Å². The number of amides is 1. The molecule has 3 N–H and O–H groups in total. The van der Waals surface area contributed by atoms with Crippen LogP contribution in [0.15, 0.2) is 11.0 Å². The second-order valence-electron chi connectivity index (χ2n) is 7.88. The Morgan fingerprint density at radius 3 is 1.43 bits per heavy atom. The third-order valence-corrected chi connectivity index (χ3v) is 5.93. The van der Waals surface area contributed by atoms with Gasteiger partial charge in [0.25, 0.3) is 0 Å². The Morgan fingerprint density at radius 1 is 0.733 bits per heavy atom. The molecule has 7 nitrogen and oxygen atoms in total. The molecule has 8 heteroatoms. The molecular weight excluding hydrogens is 406 g/mol. The highest BCUT2D eigenvalue weighted by Crippen LogP contribution is 2.13. The summed E-state index contributed by atoms with van der Waals surface area (Å²) < 4.78 is 30.5. The van der Waals surface area contributed by atoms with Gasteiger partial charge >= 0.3 is 16.1 Å². The van der Waals surface area contributed by atoms with Crippen molar-refractivity contribution in [3.63, 3.8) is 0 Å². The SMILES string of the molecule is CCCCCCCCCCCCCCCCCCNC(=O)C=C(C(=O)O)S(=O)(=O)O. The number of carbonyl (C=O) groups excluding carboxylic acids is 1. The number of hydrogen-bond acceptors (Lipinski definition) is 4. The molecule has 0 rings (SSSR count). The first-order valence-corrected chi connectivity index (χ1v) is 12.9. The Kier molecular flexibility index (Phi) is 17.5. The van der Waals surface area contributed by atoms with Crippen LogP contribution in [0.1, 0.15) is 110 Å². The average Bonchev–Trinajstić information content (AvgIpc) is 2.67. The van der Waals surface area contributed by atoms with Gasteiger partial charge in [-0.15, -0.1) is 0 Å². The second-order valence-corrected chi connectivity index (χ2v) is 9.27. The van der Waals surface area contributed by atoms with Gasteiger partial charge in [0.2, 0.25) is 5.91 Å². The second kappa shape index (κ2) is 18.4. The molecule has 0 unspecified atom stereocenters. The van der Waals surface area contributed by atoms with Gasteiger partial charge in [0.05, 0.1) is 0 Å². The van der Waals surface area contributed by atoms with Crippen molar-refractivity contribution in [3.8, 4) is 0 Å². The summed E-state index contributed by atoms with van der Waals surface area (Å²) in [4.78, 5) is 20.9. The lowest BCUT2D eigenvalue weighted by Crippen LogP contribution is -2.24. The lowest BCUT2D eigenvalue weighted by atomic mass is 10.0. The minimum atomic E-state index is -4.92. The molecule has 0 radical (unpaired) electrons. The average molecular weight is 448 g/mol. The standard InChI is InChI=1S/C22H41NO6S/c1-2-3-4-5-6-7-8-9-10-11-12-13-14-15-16-17-18-23-21(24)19-20(22(25)26)30(27,28)29/h19H,2-18H2,1H3,(H,23,24)(H,25,26)(H,27,28,29). The summed E-state index contributed by atoms with van der Waals surface area (Å²) in [5, 5.41) is 11.1. The Bertz CT molecular complexity index is 601. The third-order valence-electron chi connectivity index (χ3n) is 5.08. The van der Waals surface area contributed by atoms with E-state index in [0.29, 0.717) is 12.6 Å². The highest BCUT2D eigenvalue weighted by molar-refractivity contribution is 7.90. The van der Waals surface area contributed by atoms with E-state index in [1.807, 2.05) is 0 Å². The lowest BCUT2D eigenvalue weighted by Gasteiger charge is -2.04. The number of hydrogen-bond donors (Lipinski definition) is 3. The fourth-order valence-electron chi connectivity index (χ4n) is 3.30. The molecule has 1 amide bonds. The van der Waals surface area contributed by atoms with Crippen molar-refractivity contribution in [2.45, 2.75) is 110 Å². The van der Waals surface area contributed by atoms with Gasteiger partial charge in [-0.1, -0.05) is 103 Å². The Labute approximate surface area is 182 Å². The summed E-state index contributed by atoms with van der Waals surface area (Å²) in [5.41, 5.74) is 0. The quantitative estimate of drug-likeness (QED) is 0.134. The van der Waals surface area contributed by atoms with Gasteiger partial charge in [-0.3, -0.25) is 9.35 Å². The summed E-state index contributed by atoms with van der Waals surface area (Å²) in [6.45, 7) is 2.59. The molecule has 0 fully saturated rings. The normalized spacial score (nSPS) is 12.1. The molecule has 0 bridgehead atoms. The molecule has 0 saturated carbocycles. The van der Waals surface area contributed by atoms with Crippen LogP contribution in [0.25, 0.3) is 0 Å². The molecule has 0 aromatic rings. The number of nitrogens with one attached hydrogen (secondary N) is 1. The smallest absolute Gasteiger partial charge is 0.350 e. The number of rotatable bonds is 20. The van der Waals surface area contributed by atoms with E-state index in [9.17, 15) is 18.0 Å². The van der Waals surface area contributed by atoms with Crippen molar-refractivity contribution >= 4 is 22.0 Å². The van der Waals surface area contributed by atoms with Gasteiger partial charge in [0.15, 0.2) is 4.91 Å². The maximum Gasteiger partial charge on any atom is 0.350 e. The Balaban J connectivity index is 3.50. The summed E-state index contributed by atoms with van der Waals surface area (Å²) in [5.74, 6) is -2.71. The third kappa shape index (κ3) is 17.4. The summed E-state index contributed by atoms with van der Waals surface area (Å²) in [6.07, 6.45) is 20.4. The molecule has 0 saturated heterocycles. The Hall–Kier alpha value is -1.41. The largest absolute Gasteiger partial charge is 0.477 e. The van der Waals surface area contributed by atoms with Crippen LogP contribution in [0.4, 0.5) is 0 Å². The van der Waals surface area contributed by atoms with Crippen molar-refractivity contribution in [2.24, 2.45) is 0 Å². The predicted molar refractivity (Wildman–Crippen MR) is 120 cm³/mol. The van der Waals surface area contributed by atoms with Crippen LogP contribution < -0.4 is 5.32 Å². The molecule has 0 aromatic carbocycles. The fourth-order valence-corrected chi connectivity index (χ4v) is 3.78. The van der Waals surface area contributed by atoms with Gasteiger partial charge < -0.3 is 10.4 Å². The van der Waals surface area contributed by atoms with Crippen LogP contribution in [0, 0.1) is 0 Å². The minimum absolute atomic E-state index is 0.339. The van der Waals surface area contributed by atoms with Gasteiger partial charge in [-0.25, -0.2) is 4.79 Å². The maximum absolute atomic E-state index is 11.5. The maximum atomic E-state index is 11.5. The van der Waals surface area contributed by atoms with Crippen molar-refractivity contribution in [2.75, 3.05) is 6.54 Å². The van der Waals surface area contributed by atoms with Gasteiger partial charge in [0, 0.05) is 12.6 Å².